The van der Waals surface area contributed by atoms with Gasteiger partial charge in [-0.2, -0.15) is 0 Å². The summed E-state index contributed by atoms with van der Waals surface area (Å²) in [6.07, 6.45) is 0.888. The molecule has 172 valence electrons. The molecule has 2 heterocycles. The van der Waals surface area contributed by atoms with Gasteiger partial charge in [-0.1, -0.05) is 38.1 Å². The van der Waals surface area contributed by atoms with Gasteiger partial charge in [0, 0.05) is 38.8 Å². The third-order valence-electron chi connectivity index (χ3n) is 6.29. The van der Waals surface area contributed by atoms with Crippen LogP contribution in [-0.2, 0) is 20.8 Å². The van der Waals surface area contributed by atoms with Crippen molar-refractivity contribution in [2.45, 2.75) is 27.2 Å². The first-order valence-electron chi connectivity index (χ1n) is 11.5. The van der Waals surface area contributed by atoms with Crippen molar-refractivity contribution in [3.05, 3.63) is 65.4 Å². The fourth-order valence-corrected chi connectivity index (χ4v) is 4.40. The minimum atomic E-state index is -0.315. The molecule has 0 atom stereocenters. The van der Waals surface area contributed by atoms with Crippen molar-refractivity contribution in [2.24, 2.45) is 0 Å². The summed E-state index contributed by atoms with van der Waals surface area (Å²) >= 11 is 0. The molecule has 0 radical (unpaired) electrons. The van der Waals surface area contributed by atoms with E-state index in [0.717, 1.165) is 31.6 Å². The molecule has 2 aliphatic rings. The van der Waals surface area contributed by atoms with E-state index < -0.39 is 0 Å². The molecule has 7 heteroatoms. The van der Waals surface area contributed by atoms with Crippen LogP contribution in [0.5, 0.6) is 0 Å². The van der Waals surface area contributed by atoms with Gasteiger partial charge >= 0.3 is 0 Å². The smallest absolute Gasteiger partial charge is 0.282 e. The van der Waals surface area contributed by atoms with Gasteiger partial charge < -0.3 is 15.1 Å². The van der Waals surface area contributed by atoms with Crippen LogP contribution < -0.4 is 10.2 Å². The average Bonchev–Trinajstić information content (AvgIpc) is 3.09. The van der Waals surface area contributed by atoms with Crippen LogP contribution in [0.25, 0.3) is 5.57 Å². The number of nitrogens with one attached hydrogen (secondary N) is 1. The Hall–Kier alpha value is -3.45. The highest BCUT2D eigenvalue weighted by atomic mass is 16.2. The Bertz CT molecular complexity index is 1080. The molecule has 0 aromatic heterocycles. The maximum Gasteiger partial charge on any atom is 0.282 e. The van der Waals surface area contributed by atoms with Gasteiger partial charge in [0.25, 0.3) is 11.8 Å². The molecule has 2 aromatic carbocycles. The number of aryl methyl sites for hydroxylation is 1. The van der Waals surface area contributed by atoms with Gasteiger partial charge in [-0.05, 0) is 48.4 Å². The molecule has 4 rings (SSSR count). The molecule has 0 bridgehead atoms. The number of hydrogen-bond acceptors (Lipinski definition) is 5. The van der Waals surface area contributed by atoms with E-state index >= 15 is 0 Å². The van der Waals surface area contributed by atoms with Crippen LogP contribution in [0, 0.1) is 0 Å². The second-order valence-electron chi connectivity index (χ2n) is 8.37. The second-order valence-corrected chi connectivity index (χ2v) is 8.37. The molecule has 7 nitrogen and oxygen atoms in total. The fraction of sp³-hybridized carbons (Fsp3) is 0.346. The van der Waals surface area contributed by atoms with Crippen LogP contribution in [-0.4, -0.2) is 60.2 Å². The lowest BCUT2D eigenvalue weighted by Crippen LogP contribution is -2.47. The monoisotopic (exact) mass is 446 g/mol. The Morgan fingerprint density at radius 1 is 0.879 bits per heavy atom. The predicted molar refractivity (Wildman–Crippen MR) is 130 cm³/mol. The Kier molecular flexibility index (Phi) is 6.60. The second kappa shape index (κ2) is 9.58. The molecule has 2 aliphatic heterocycles. The maximum atomic E-state index is 13.7. The summed E-state index contributed by atoms with van der Waals surface area (Å²) in [5.41, 5.74) is 3.92. The SMILES string of the molecule is CCc1ccc(N2C(=O)C(c3ccc(NC(C)=O)cc3)=C(N3CCN(CC)CC3)C2=O)cc1. The molecule has 1 N–H and O–H groups in total. The van der Waals surface area contributed by atoms with E-state index in [2.05, 4.69) is 24.1 Å². The lowest BCUT2D eigenvalue weighted by Gasteiger charge is -2.36. The summed E-state index contributed by atoms with van der Waals surface area (Å²) in [7, 11) is 0. The van der Waals surface area contributed by atoms with E-state index in [-0.39, 0.29) is 17.7 Å². The molecule has 1 fully saturated rings. The normalized spacial score (nSPS) is 17.2. The number of amides is 3. The zero-order valence-corrected chi connectivity index (χ0v) is 19.4. The van der Waals surface area contributed by atoms with Crippen LogP contribution in [0.1, 0.15) is 31.9 Å². The Balaban J connectivity index is 1.73. The van der Waals surface area contributed by atoms with Gasteiger partial charge in [0.2, 0.25) is 5.91 Å². The largest absolute Gasteiger partial charge is 0.364 e. The summed E-state index contributed by atoms with van der Waals surface area (Å²) in [5, 5.41) is 2.74. The van der Waals surface area contributed by atoms with Gasteiger partial charge in [0.05, 0.1) is 11.3 Å². The molecule has 1 saturated heterocycles. The number of rotatable bonds is 6. The number of carbonyl (C=O) groups is 3. The van der Waals surface area contributed by atoms with E-state index in [9.17, 15) is 14.4 Å². The fourth-order valence-electron chi connectivity index (χ4n) is 4.40. The van der Waals surface area contributed by atoms with Crippen molar-refractivity contribution in [3.8, 4) is 0 Å². The van der Waals surface area contributed by atoms with Gasteiger partial charge in [0.1, 0.15) is 5.70 Å². The van der Waals surface area contributed by atoms with Crippen LogP contribution in [0.4, 0.5) is 11.4 Å². The minimum Gasteiger partial charge on any atom is -0.364 e. The molecular formula is C26H30N4O3. The van der Waals surface area contributed by atoms with E-state index in [1.807, 2.05) is 29.2 Å². The highest BCUT2D eigenvalue weighted by molar-refractivity contribution is 6.45. The minimum absolute atomic E-state index is 0.162. The number of nitrogens with zero attached hydrogens (tertiary/aromatic N) is 3. The summed E-state index contributed by atoms with van der Waals surface area (Å²) in [6.45, 7) is 9.69. The summed E-state index contributed by atoms with van der Waals surface area (Å²) in [5.74, 6) is -0.759. The van der Waals surface area contributed by atoms with Crippen LogP contribution in [0.2, 0.25) is 0 Å². The molecule has 33 heavy (non-hydrogen) atoms. The number of piperazine rings is 1. The highest BCUT2D eigenvalue weighted by Crippen LogP contribution is 2.35. The number of anilines is 2. The van der Waals surface area contributed by atoms with Crippen molar-refractivity contribution < 1.29 is 14.4 Å². The van der Waals surface area contributed by atoms with Crippen molar-refractivity contribution in [1.82, 2.24) is 9.80 Å². The number of benzene rings is 2. The van der Waals surface area contributed by atoms with Gasteiger partial charge in [-0.25, -0.2) is 4.90 Å². The molecule has 3 amide bonds. The van der Waals surface area contributed by atoms with Crippen LogP contribution in [0.15, 0.2) is 54.2 Å². The number of carbonyl (C=O) groups excluding carboxylic acids is 3. The zero-order valence-electron chi connectivity index (χ0n) is 19.4. The first kappa shape index (κ1) is 22.7. The molecule has 0 spiro atoms. The first-order valence-corrected chi connectivity index (χ1v) is 11.5. The van der Waals surface area contributed by atoms with Crippen LogP contribution >= 0.6 is 0 Å². The molecule has 0 saturated carbocycles. The van der Waals surface area contributed by atoms with Crippen molar-refractivity contribution in [2.75, 3.05) is 42.9 Å². The Labute approximate surface area is 194 Å². The van der Waals surface area contributed by atoms with Gasteiger partial charge in [-0.3, -0.25) is 14.4 Å². The Morgan fingerprint density at radius 3 is 2.06 bits per heavy atom. The van der Waals surface area contributed by atoms with E-state index in [1.54, 1.807) is 24.3 Å². The van der Waals surface area contributed by atoms with Gasteiger partial charge in [-0.15, -0.1) is 0 Å². The quantitative estimate of drug-likeness (QED) is 0.691. The molecule has 0 aliphatic carbocycles. The summed E-state index contributed by atoms with van der Waals surface area (Å²) < 4.78 is 0. The highest BCUT2D eigenvalue weighted by Gasteiger charge is 2.43. The van der Waals surface area contributed by atoms with E-state index in [0.29, 0.717) is 41.3 Å². The molecular weight excluding hydrogens is 416 g/mol. The topological polar surface area (TPSA) is 73.0 Å². The van der Waals surface area contributed by atoms with Crippen LogP contribution in [0.3, 0.4) is 0 Å². The van der Waals surface area contributed by atoms with Crippen molar-refractivity contribution >= 4 is 34.7 Å². The predicted octanol–water partition coefficient (Wildman–Crippen LogP) is 3.13. The lowest BCUT2D eigenvalue weighted by atomic mass is 10.0. The zero-order chi connectivity index (χ0) is 23.5. The van der Waals surface area contributed by atoms with E-state index in [4.69, 9.17) is 0 Å². The summed E-state index contributed by atoms with van der Waals surface area (Å²) in [6, 6.07) is 14.7. The van der Waals surface area contributed by atoms with Crippen molar-refractivity contribution in [3.63, 3.8) is 0 Å². The Morgan fingerprint density at radius 2 is 1.52 bits per heavy atom. The number of imide groups is 1. The van der Waals surface area contributed by atoms with Crippen molar-refractivity contribution in [1.29, 1.82) is 0 Å². The van der Waals surface area contributed by atoms with E-state index in [1.165, 1.54) is 11.8 Å². The molecule has 0 unspecified atom stereocenters. The average molecular weight is 447 g/mol. The third-order valence-corrected chi connectivity index (χ3v) is 6.29. The number of likely N-dealkylation sites (N-methyl/N-ethyl adjacent to an activating group) is 1. The maximum absolute atomic E-state index is 13.7. The third kappa shape index (κ3) is 4.54. The molecule has 2 aromatic rings. The first-order chi connectivity index (χ1) is 15.9. The summed E-state index contributed by atoms with van der Waals surface area (Å²) in [4.78, 5) is 44.3. The standard InChI is InChI=1S/C26H30N4O3/c1-4-19-6-12-22(13-7-19)30-25(32)23(20-8-10-21(11-9-20)27-18(3)31)24(26(30)33)29-16-14-28(5-2)15-17-29/h6-13H,4-5,14-17H2,1-3H3,(H,27,31). The lowest BCUT2D eigenvalue weighted by molar-refractivity contribution is -0.121. The van der Waals surface area contributed by atoms with Gasteiger partial charge in [0.15, 0.2) is 0 Å². The number of hydrogen-bond donors (Lipinski definition) is 1.